The first-order valence-electron chi connectivity index (χ1n) is 4.77. The van der Waals surface area contributed by atoms with Gasteiger partial charge < -0.3 is 0 Å². The van der Waals surface area contributed by atoms with Crippen LogP contribution in [0.3, 0.4) is 0 Å². The molecular weight excluding hydrogens is 328 g/mol. The average molecular weight is 344 g/mol. The minimum absolute atomic E-state index is 0.107. The van der Waals surface area contributed by atoms with E-state index in [2.05, 4.69) is 22.6 Å². The number of rotatable bonds is 0. The van der Waals surface area contributed by atoms with Crippen molar-refractivity contribution in [2.45, 2.75) is 32.4 Å². The van der Waals surface area contributed by atoms with Crippen molar-refractivity contribution in [3.05, 3.63) is 35.4 Å². The molecule has 0 saturated carbocycles. The first kappa shape index (κ1) is 15.7. The minimum Gasteiger partial charge on any atom is -0.166 e. The fraction of sp³-hybridized carbons (Fsp3) is 0.500. The van der Waals surface area contributed by atoms with E-state index in [0.717, 1.165) is 17.7 Å². The van der Waals surface area contributed by atoms with Gasteiger partial charge in [-0.1, -0.05) is 55.5 Å². The molecule has 0 saturated heterocycles. The molecule has 0 N–H and O–H groups in total. The molecule has 1 rings (SSSR count). The van der Waals surface area contributed by atoms with Crippen LogP contribution < -0.4 is 0 Å². The molecule has 0 fully saturated rings. The predicted molar refractivity (Wildman–Crippen MR) is 70.1 cm³/mol. The molecule has 0 bridgehead atoms. The Hall–Kier alpha value is -0.260. The van der Waals surface area contributed by atoms with Gasteiger partial charge in [-0.05, 0) is 28.0 Å². The van der Waals surface area contributed by atoms with Crippen LogP contribution in [0, 0.1) is 0 Å². The van der Waals surface area contributed by atoms with Crippen molar-refractivity contribution < 1.29 is 13.2 Å². The summed E-state index contributed by atoms with van der Waals surface area (Å²) in [5.74, 6) is 0. The lowest BCUT2D eigenvalue weighted by molar-refractivity contribution is -0.137. The lowest BCUT2D eigenvalue weighted by atomic mass is 9.87. The molecule has 0 heterocycles. The molecule has 0 amide bonds. The van der Waals surface area contributed by atoms with Crippen molar-refractivity contribution in [1.82, 2.24) is 0 Å². The lowest BCUT2D eigenvalue weighted by Crippen LogP contribution is -2.12. The fourth-order valence-electron chi connectivity index (χ4n) is 1.16. The van der Waals surface area contributed by atoms with E-state index >= 15 is 0 Å². The zero-order valence-corrected chi connectivity index (χ0v) is 12.0. The van der Waals surface area contributed by atoms with Gasteiger partial charge in [-0.15, -0.1) is 0 Å². The van der Waals surface area contributed by atoms with Crippen molar-refractivity contribution >= 4 is 22.6 Å². The van der Waals surface area contributed by atoms with Crippen molar-refractivity contribution in [3.63, 3.8) is 0 Å². The van der Waals surface area contributed by atoms with Crippen molar-refractivity contribution in [1.29, 1.82) is 0 Å². The Bertz CT molecular complexity index is 274. The zero-order chi connectivity index (χ0) is 13.0. The Kier molecular flexibility index (Phi) is 5.79. The molecule has 92 valence electrons. The number of benzene rings is 1. The van der Waals surface area contributed by atoms with Crippen molar-refractivity contribution in [3.8, 4) is 0 Å². The molecule has 0 aliphatic rings. The Labute approximate surface area is 108 Å². The van der Waals surface area contributed by atoms with Gasteiger partial charge in [0.05, 0.1) is 5.56 Å². The van der Waals surface area contributed by atoms with E-state index in [0.29, 0.717) is 0 Å². The monoisotopic (exact) mass is 344 g/mol. The van der Waals surface area contributed by atoms with Gasteiger partial charge in [0.1, 0.15) is 0 Å². The largest absolute Gasteiger partial charge is 0.416 e. The Morgan fingerprint density at radius 3 is 1.38 bits per heavy atom. The van der Waals surface area contributed by atoms with Crippen molar-refractivity contribution in [2.24, 2.45) is 0 Å². The van der Waals surface area contributed by atoms with E-state index in [1.54, 1.807) is 0 Å². The standard InChI is InChI=1S/C11H13F3.CH3I/c1-10(2,3)8-4-6-9(7-5-8)11(12,13)14;1-2/h4-7H,1-3H3;1H3. The van der Waals surface area contributed by atoms with Crippen LogP contribution in [0.5, 0.6) is 0 Å². The maximum atomic E-state index is 12.2. The molecule has 0 spiro atoms. The summed E-state index contributed by atoms with van der Waals surface area (Å²) in [5.41, 5.74) is 0.209. The lowest BCUT2D eigenvalue weighted by Gasteiger charge is -2.19. The highest BCUT2D eigenvalue weighted by Gasteiger charge is 2.30. The van der Waals surface area contributed by atoms with Crippen LogP contribution in [0.4, 0.5) is 13.2 Å². The van der Waals surface area contributed by atoms with Crippen LogP contribution >= 0.6 is 22.6 Å². The third kappa shape index (κ3) is 4.72. The summed E-state index contributed by atoms with van der Waals surface area (Å²) in [6.07, 6.45) is -4.24. The normalized spacial score (nSPS) is 11.8. The summed E-state index contributed by atoms with van der Waals surface area (Å²) < 4.78 is 36.6. The third-order valence-electron chi connectivity index (χ3n) is 2.08. The molecule has 0 nitrogen and oxygen atoms in total. The van der Waals surface area contributed by atoms with E-state index in [1.165, 1.54) is 12.1 Å². The highest BCUT2D eigenvalue weighted by Crippen LogP contribution is 2.31. The molecule has 0 aliphatic carbocycles. The SMILES string of the molecule is CC(C)(C)c1ccc(C(F)(F)F)cc1.CI. The number of hydrogen-bond acceptors (Lipinski definition) is 0. The smallest absolute Gasteiger partial charge is 0.166 e. The molecule has 0 aliphatic heterocycles. The molecule has 16 heavy (non-hydrogen) atoms. The Morgan fingerprint density at radius 2 is 1.12 bits per heavy atom. The summed E-state index contributed by atoms with van der Waals surface area (Å²) in [6.45, 7) is 5.90. The quantitative estimate of drug-likeness (QED) is 0.456. The maximum Gasteiger partial charge on any atom is 0.416 e. The van der Waals surface area contributed by atoms with Gasteiger partial charge in [-0.3, -0.25) is 0 Å². The highest BCUT2D eigenvalue weighted by molar-refractivity contribution is 14.1. The topological polar surface area (TPSA) is 0 Å². The van der Waals surface area contributed by atoms with Crippen LogP contribution in [0.15, 0.2) is 24.3 Å². The van der Waals surface area contributed by atoms with Crippen LogP contribution in [0.25, 0.3) is 0 Å². The fourth-order valence-corrected chi connectivity index (χ4v) is 1.16. The van der Waals surface area contributed by atoms with E-state index in [1.807, 2.05) is 25.7 Å². The summed E-state index contributed by atoms with van der Waals surface area (Å²) in [6, 6.07) is 5.31. The summed E-state index contributed by atoms with van der Waals surface area (Å²) in [4.78, 5) is 1.97. The first-order chi connectivity index (χ1) is 7.21. The molecule has 4 heteroatoms. The predicted octanol–water partition coefficient (Wildman–Crippen LogP) is 5.05. The molecule has 0 atom stereocenters. The van der Waals surface area contributed by atoms with Crippen LogP contribution in [0.2, 0.25) is 0 Å². The maximum absolute atomic E-state index is 12.2. The minimum atomic E-state index is -4.24. The van der Waals surface area contributed by atoms with Gasteiger partial charge in [0, 0.05) is 0 Å². The van der Waals surface area contributed by atoms with Gasteiger partial charge in [-0.25, -0.2) is 0 Å². The molecule has 1 aromatic rings. The van der Waals surface area contributed by atoms with Gasteiger partial charge >= 0.3 is 6.18 Å². The van der Waals surface area contributed by atoms with Crippen LogP contribution in [-0.2, 0) is 11.6 Å². The summed E-state index contributed by atoms with van der Waals surface area (Å²) in [5, 5.41) is 0. The van der Waals surface area contributed by atoms with Gasteiger partial charge in [0.15, 0.2) is 0 Å². The molecule has 0 radical (unpaired) electrons. The van der Waals surface area contributed by atoms with E-state index in [-0.39, 0.29) is 5.41 Å². The second kappa shape index (κ2) is 5.89. The second-order valence-electron chi connectivity index (χ2n) is 4.33. The molecular formula is C12H16F3I. The summed E-state index contributed by atoms with van der Waals surface area (Å²) in [7, 11) is 0. The Morgan fingerprint density at radius 1 is 0.812 bits per heavy atom. The molecule has 1 aromatic carbocycles. The summed E-state index contributed by atoms with van der Waals surface area (Å²) >= 11 is 2.15. The van der Waals surface area contributed by atoms with Crippen LogP contribution in [0.1, 0.15) is 31.9 Å². The van der Waals surface area contributed by atoms with Crippen molar-refractivity contribution in [2.75, 3.05) is 4.93 Å². The zero-order valence-electron chi connectivity index (χ0n) is 9.82. The van der Waals surface area contributed by atoms with E-state index in [4.69, 9.17) is 0 Å². The average Bonchev–Trinajstić information content (AvgIpc) is 2.18. The van der Waals surface area contributed by atoms with E-state index < -0.39 is 11.7 Å². The van der Waals surface area contributed by atoms with Gasteiger partial charge in [0.25, 0.3) is 0 Å². The number of hydrogen-bond donors (Lipinski definition) is 0. The second-order valence-corrected chi connectivity index (χ2v) is 4.33. The van der Waals surface area contributed by atoms with Gasteiger partial charge in [0.2, 0.25) is 0 Å². The molecule has 0 aromatic heterocycles. The first-order valence-corrected chi connectivity index (χ1v) is 6.92. The third-order valence-corrected chi connectivity index (χ3v) is 2.08. The van der Waals surface area contributed by atoms with Gasteiger partial charge in [-0.2, -0.15) is 13.2 Å². The van der Waals surface area contributed by atoms with Crippen LogP contribution in [-0.4, -0.2) is 4.93 Å². The number of alkyl halides is 4. The number of halogens is 4. The highest BCUT2D eigenvalue weighted by atomic mass is 127. The molecule has 0 unspecified atom stereocenters. The van der Waals surface area contributed by atoms with E-state index in [9.17, 15) is 13.2 Å². The Balaban J connectivity index is 0.00000106.